The molecule has 0 aliphatic rings. The summed E-state index contributed by atoms with van der Waals surface area (Å²) in [4.78, 5) is 0. The Labute approximate surface area is 88.3 Å². The Morgan fingerprint density at radius 1 is 1.19 bits per heavy atom. The molecule has 0 heterocycles. The highest BCUT2D eigenvalue weighted by molar-refractivity contribution is 5.46. The molecule has 82 valence electrons. The van der Waals surface area contributed by atoms with Gasteiger partial charge in [0.1, 0.15) is 5.82 Å². The van der Waals surface area contributed by atoms with Crippen LogP contribution < -0.4 is 0 Å². The highest BCUT2D eigenvalue weighted by atomic mass is 19.4. The van der Waals surface area contributed by atoms with Gasteiger partial charge in [-0.25, -0.2) is 4.39 Å². The van der Waals surface area contributed by atoms with Crippen LogP contribution in [0.4, 0.5) is 17.6 Å². The van der Waals surface area contributed by atoms with E-state index in [1.165, 1.54) is 12.1 Å². The third-order valence-corrected chi connectivity index (χ3v) is 1.86. The second-order valence-electron chi connectivity index (χ2n) is 2.93. The second kappa shape index (κ2) is 4.19. The van der Waals surface area contributed by atoms with Gasteiger partial charge >= 0.3 is 6.18 Å². The lowest BCUT2D eigenvalue weighted by Crippen LogP contribution is -2.12. The maximum atomic E-state index is 12.9. The molecule has 0 N–H and O–H groups in total. The van der Waals surface area contributed by atoms with E-state index in [1.54, 1.807) is 0 Å². The van der Waals surface area contributed by atoms with Gasteiger partial charge in [0.05, 0.1) is 29.7 Å². The predicted molar refractivity (Wildman–Crippen MR) is 45.4 cm³/mol. The van der Waals surface area contributed by atoms with Crippen LogP contribution in [0.25, 0.3) is 0 Å². The summed E-state index contributed by atoms with van der Waals surface area (Å²) in [5, 5.41) is 16.8. The molecule has 0 radical (unpaired) electrons. The summed E-state index contributed by atoms with van der Waals surface area (Å²) < 4.78 is 50.6. The Balaban J connectivity index is 3.55. The predicted octanol–water partition coefficient (Wildman–Crippen LogP) is 2.78. The molecular weight excluding hydrogens is 224 g/mol. The molecule has 0 aliphatic heterocycles. The first-order valence-electron chi connectivity index (χ1n) is 4.06. The first kappa shape index (κ1) is 12.0. The largest absolute Gasteiger partial charge is 0.417 e. The third kappa shape index (κ3) is 2.29. The van der Waals surface area contributed by atoms with Crippen molar-refractivity contribution in [3.05, 3.63) is 34.6 Å². The highest BCUT2D eigenvalue weighted by Gasteiger charge is 2.36. The molecule has 0 bridgehead atoms. The van der Waals surface area contributed by atoms with E-state index in [2.05, 4.69) is 0 Å². The molecule has 1 aromatic carbocycles. The number of rotatable bonds is 1. The number of benzene rings is 1. The van der Waals surface area contributed by atoms with Gasteiger partial charge in [0.25, 0.3) is 0 Å². The summed E-state index contributed by atoms with van der Waals surface area (Å²) in [5.74, 6) is -0.963. The van der Waals surface area contributed by atoms with E-state index in [9.17, 15) is 17.6 Å². The Hall–Kier alpha value is -2.08. The minimum atomic E-state index is -4.77. The van der Waals surface area contributed by atoms with Gasteiger partial charge in [-0.3, -0.25) is 0 Å². The zero-order chi connectivity index (χ0) is 12.3. The van der Waals surface area contributed by atoms with E-state index in [-0.39, 0.29) is 0 Å². The molecule has 0 fully saturated rings. The highest BCUT2D eigenvalue weighted by Crippen LogP contribution is 2.35. The Bertz CT molecular complexity index is 491. The smallest absolute Gasteiger partial charge is 0.207 e. The first-order valence-corrected chi connectivity index (χ1v) is 4.06. The van der Waals surface area contributed by atoms with Crippen molar-refractivity contribution < 1.29 is 17.6 Å². The molecule has 0 unspecified atom stereocenters. The van der Waals surface area contributed by atoms with Crippen molar-refractivity contribution in [2.75, 3.05) is 0 Å². The molecule has 6 heteroatoms. The number of nitriles is 2. The van der Waals surface area contributed by atoms with E-state index in [4.69, 9.17) is 10.5 Å². The fourth-order valence-electron chi connectivity index (χ4n) is 1.31. The van der Waals surface area contributed by atoms with Crippen molar-refractivity contribution in [1.82, 2.24) is 0 Å². The quantitative estimate of drug-likeness (QED) is 0.694. The molecule has 1 aromatic rings. The molecular formula is C10H4F4N2. The van der Waals surface area contributed by atoms with Crippen LogP contribution in [0.1, 0.15) is 16.7 Å². The van der Waals surface area contributed by atoms with Crippen molar-refractivity contribution in [3.63, 3.8) is 0 Å². The Kier molecular flexibility index (Phi) is 3.14. The first-order chi connectivity index (χ1) is 7.40. The lowest BCUT2D eigenvalue weighted by atomic mass is 9.99. The van der Waals surface area contributed by atoms with Crippen LogP contribution in [-0.2, 0) is 12.6 Å². The van der Waals surface area contributed by atoms with E-state index in [0.29, 0.717) is 12.1 Å². The number of halogens is 4. The fraction of sp³-hybridized carbons (Fsp3) is 0.200. The molecule has 2 nitrogen and oxygen atoms in total. The summed E-state index contributed by atoms with van der Waals surface area (Å²) in [7, 11) is 0. The van der Waals surface area contributed by atoms with Gasteiger partial charge < -0.3 is 0 Å². The standard InChI is InChI=1S/C10H4F4N2/c11-8-3-6(1-2-15)9(10(12,13)14)7(4-8)5-16/h3-4H,1H2. The second-order valence-corrected chi connectivity index (χ2v) is 2.93. The summed E-state index contributed by atoms with van der Waals surface area (Å²) in [6, 6.07) is 3.89. The van der Waals surface area contributed by atoms with E-state index in [1.807, 2.05) is 0 Å². The Morgan fingerprint density at radius 3 is 2.25 bits per heavy atom. The van der Waals surface area contributed by atoms with Gasteiger partial charge in [0.15, 0.2) is 0 Å². The third-order valence-electron chi connectivity index (χ3n) is 1.86. The van der Waals surface area contributed by atoms with Crippen molar-refractivity contribution in [3.8, 4) is 12.1 Å². The maximum Gasteiger partial charge on any atom is 0.417 e. The van der Waals surface area contributed by atoms with Crippen LogP contribution >= 0.6 is 0 Å². The summed E-state index contributed by atoms with van der Waals surface area (Å²) in [5.41, 5.74) is -2.57. The van der Waals surface area contributed by atoms with E-state index < -0.39 is 35.1 Å². The van der Waals surface area contributed by atoms with Crippen molar-refractivity contribution in [2.24, 2.45) is 0 Å². The number of nitrogens with zero attached hydrogens (tertiary/aromatic N) is 2. The van der Waals surface area contributed by atoms with Crippen molar-refractivity contribution in [1.29, 1.82) is 10.5 Å². The number of hydrogen-bond acceptors (Lipinski definition) is 2. The summed E-state index contributed by atoms with van der Waals surface area (Å²) in [6.45, 7) is 0. The van der Waals surface area contributed by atoms with Gasteiger partial charge in [0.2, 0.25) is 0 Å². The molecule has 0 aromatic heterocycles. The summed E-state index contributed by atoms with van der Waals surface area (Å²) >= 11 is 0. The van der Waals surface area contributed by atoms with Crippen LogP contribution in [0.2, 0.25) is 0 Å². The molecule has 0 amide bonds. The molecule has 0 aliphatic carbocycles. The number of hydrogen-bond donors (Lipinski definition) is 0. The van der Waals surface area contributed by atoms with Gasteiger partial charge in [-0.2, -0.15) is 23.7 Å². The van der Waals surface area contributed by atoms with Crippen LogP contribution in [0.3, 0.4) is 0 Å². The van der Waals surface area contributed by atoms with E-state index >= 15 is 0 Å². The average molecular weight is 228 g/mol. The van der Waals surface area contributed by atoms with Crippen LogP contribution in [0.15, 0.2) is 12.1 Å². The lowest BCUT2D eigenvalue weighted by Gasteiger charge is -2.12. The summed E-state index contributed by atoms with van der Waals surface area (Å²) in [6.07, 6.45) is -5.37. The van der Waals surface area contributed by atoms with Crippen molar-refractivity contribution >= 4 is 0 Å². The van der Waals surface area contributed by atoms with Crippen LogP contribution in [-0.4, -0.2) is 0 Å². The normalized spacial score (nSPS) is 10.6. The van der Waals surface area contributed by atoms with E-state index in [0.717, 1.165) is 0 Å². The SMILES string of the molecule is N#CCc1cc(F)cc(C#N)c1C(F)(F)F. The average Bonchev–Trinajstić information content (AvgIpc) is 2.15. The fourth-order valence-corrected chi connectivity index (χ4v) is 1.31. The maximum absolute atomic E-state index is 12.9. The number of alkyl halides is 3. The molecule has 0 saturated heterocycles. The van der Waals surface area contributed by atoms with Gasteiger partial charge in [-0.15, -0.1) is 0 Å². The zero-order valence-corrected chi connectivity index (χ0v) is 7.77. The minimum absolute atomic E-state index is 0.504. The van der Waals surface area contributed by atoms with Gasteiger partial charge in [-0.1, -0.05) is 0 Å². The van der Waals surface area contributed by atoms with Crippen LogP contribution in [0, 0.1) is 28.5 Å². The van der Waals surface area contributed by atoms with Crippen molar-refractivity contribution in [2.45, 2.75) is 12.6 Å². The van der Waals surface area contributed by atoms with Gasteiger partial charge in [-0.05, 0) is 17.7 Å². The van der Waals surface area contributed by atoms with Crippen LogP contribution in [0.5, 0.6) is 0 Å². The minimum Gasteiger partial charge on any atom is -0.207 e. The monoisotopic (exact) mass is 228 g/mol. The Morgan fingerprint density at radius 2 is 1.81 bits per heavy atom. The molecule has 16 heavy (non-hydrogen) atoms. The lowest BCUT2D eigenvalue weighted by molar-refractivity contribution is -0.138. The molecule has 0 atom stereocenters. The zero-order valence-electron chi connectivity index (χ0n) is 7.77. The molecule has 1 rings (SSSR count). The molecule has 0 spiro atoms. The molecule has 0 saturated carbocycles. The topological polar surface area (TPSA) is 47.6 Å². The van der Waals surface area contributed by atoms with Gasteiger partial charge in [0, 0.05) is 0 Å².